The molecule has 2 unspecified atom stereocenters. The van der Waals surface area contributed by atoms with E-state index in [1.54, 1.807) is 17.4 Å². The number of carbonyl (C=O) groups excluding carboxylic acids is 1. The highest BCUT2D eigenvalue weighted by Gasteiger charge is 2.38. The maximum atomic E-state index is 13.8. The molecule has 0 fully saturated rings. The number of fused-ring (bicyclic) bond motifs is 2. The van der Waals surface area contributed by atoms with Crippen molar-refractivity contribution in [3.8, 4) is 11.5 Å². The van der Waals surface area contributed by atoms with Gasteiger partial charge in [-0.15, -0.1) is 0 Å². The van der Waals surface area contributed by atoms with Crippen molar-refractivity contribution in [3.63, 3.8) is 0 Å². The van der Waals surface area contributed by atoms with E-state index in [4.69, 9.17) is 14.5 Å². The van der Waals surface area contributed by atoms with E-state index in [0.29, 0.717) is 23.2 Å². The van der Waals surface area contributed by atoms with Gasteiger partial charge in [-0.2, -0.15) is 0 Å². The van der Waals surface area contributed by atoms with Gasteiger partial charge in [-0.3, -0.25) is 9.69 Å². The summed E-state index contributed by atoms with van der Waals surface area (Å²) >= 11 is 1.53. The van der Waals surface area contributed by atoms with E-state index in [1.165, 1.54) is 16.9 Å². The largest absolute Gasteiger partial charge is 0.482 e. The third-order valence-corrected chi connectivity index (χ3v) is 7.06. The van der Waals surface area contributed by atoms with Crippen molar-refractivity contribution in [2.75, 3.05) is 11.4 Å². The molecule has 1 aliphatic rings. The van der Waals surface area contributed by atoms with E-state index in [1.807, 2.05) is 42.0 Å². The van der Waals surface area contributed by atoms with E-state index >= 15 is 0 Å². The number of amides is 1. The summed E-state index contributed by atoms with van der Waals surface area (Å²) in [6.07, 6.45) is 5.06. The minimum atomic E-state index is -0.747. The minimum Gasteiger partial charge on any atom is -0.482 e. The number of aryl methyl sites for hydroxylation is 3. The summed E-state index contributed by atoms with van der Waals surface area (Å²) in [6, 6.07) is 11.6. The first-order valence-corrected chi connectivity index (χ1v) is 11.9. The number of hydrogen-bond donors (Lipinski definition) is 0. The lowest BCUT2D eigenvalue weighted by Gasteiger charge is -2.33. The van der Waals surface area contributed by atoms with Gasteiger partial charge in [0.15, 0.2) is 16.6 Å². The van der Waals surface area contributed by atoms with Crippen LogP contribution in [0.2, 0.25) is 0 Å². The molecule has 3 heterocycles. The van der Waals surface area contributed by atoms with Gasteiger partial charge in [-0.05, 0) is 56.5 Å². The van der Waals surface area contributed by atoms with Crippen molar-refractivity contribution in [1.29, 1.82) is 0 Å². The first-order valence-electron chi connectivity index (χ1n) is 11.1. The second-order valence-electron chi connectivity index (χ2n) is 8.30. The molecule has 1 aliphatic heterocycles. The number of ether oxygens (including phenoxy) is 2. The molecule has 2 atom stereocenters. The highest BCUT2D eigenvalue weighted by atomic mass is 32.1. The molecule has 4 aromatic rings. The fourth-order valence-corrected chi connectivity index (χ4v) is 5.06. The van der Waals surface area contributed by atoms with Gasteiger partial charge in [0.1, 0.15) is 6.10 Å². The normalized spacial score (nSPS) is 17.3. The zero-order valence-electron chi connectivity index (χ0n) is 18.9. The predicted molar refractivity (Wildman–Crippen MR) is 129 cm³/mol. The summed E-state index contributed by atoms with van der Waals surface area (Å²) in [6.45, 7) is 7.29. The second kappa shape index (κ2) is 8.86. The molecule has 7 nitrogen and oxygen atoms in total. The maximum Gasteiger partial charge on any atom is 0.273 e. The summed E-state index contributed by atoms with van der Waals surface area (Å²) in [7, 11) is 0. The van der Waals surface area contributed by atoms with Gasteiger partial charge in [0.05, 0.1) is 16.5 Å². The Hall–Kier alpha value is -3.39. The smallest absolute Gasteiger partial charge is 0.273 e. The van der Waals surface area contributed by atoms with Crippen LogP contribution in [0.25, 0.3) is 10.2 Å². The number of anilines is 1. The van der Waals surface area contributed by atoms with Crippen molar-refractivity contribution in [2.24, 2.45) is 0 Å². The molecule has 0 spiro atoms. The molecule has 8 heteroatoms. The Kier molecular flexibility index (Phi) is 5.76. The molecule has 0 radical (unpaired) electrons. The topological polar surface area (TPSA) is 69.5 Å². The Morgan fingerprint density at radius 3 is 2.70 bits per heavy atom. The van der Waals surface area contributed by atoms with Crippen LogP contribution in [-0.4, -0.2) is 39.2 Å². The van der Waals surface area contributed by atoms with Gasteiger partial charge >= 0.3 is 0 Å². The highest BCUT2D eigenvalue weighted by molar-refractivity contribution is 7.22. The molecule has 2 aromatic carbocycles. The first-order chi connectivity index (χ1) is 16.0. The number of rotatable bonds is 6. The van der Waals surface area contributed by atoms with Crippen LogP contribution < -0.4 is 14.4 Å². The fourth-order valence-electron chi connectivity index (χ4n) is 4.00. The first kappa shape index (κ1) is 21.5. The fraction of sp³-hybridized carbons (Fsp3) is 0.320. The van der Waals surface area contributed by atoms with E-state index < -0.39 is 12.2 Å². The van der Waals surface area contributed by atoms with Crippen LogP contribution in [-0.2, 0) is 11.3 Å². The minimum absolute atomic E-state index is 0.143. The van der Waals surface area contributed by atoms with E-state index in [2.05, 4.69) is 31.0 Å². The maximum absolute atomic E-state index is 13.8. The number of nitrogens with zero attached hydrogens (tertiary/aromatic N) is 4. The lowest BCUT2D eigenvalue weighted by atomic mass is 10.1. The molecule has 1 amide bonds. The number of carbonyl (C=O) groups is 1. The standard InChI is InChI=1S/C25H26N4O3S/c1-16-9-10-21-22(17(16)2)27-25(33-21)29(13-6-12-28-14-11-26-15-28)24(30)23-18(3)31-19-7-4-5-8-20(19)32-23/h4-5,7-11,14-15,18,23H,6,12-13H2,1-3H3. The Morgan fingerprint density at radius 1 is 1.15 bits per heavy atom. The van der Waals surface area contributed by atoms with Gasteiger partial charge in [0.2, 0.25) is 6.10 Å². The quantitative estimate of drug-likeness (QED) is 0.413. The molecule has 33 heavy (non-hydrogen) atoms. The predicted octanol–water partition coefficient (Wildman–Crippen LogP) is 4.76. The van der Waals surface area contributed by atoms with Crippen LogP contribution in [0.15, 0.2) is 55.1 Å². The lowest BCUT2D eigenvalue weighted by molar-refractivity contribution is -0.130. The summed E-state index contributed by atoms with van der Waals surface area (Å²) in [4.78, 5) is 24.5. The lowest BCUT2D eigenvalue weighted by Crippen LogP contribution is -2.51. The number of aromatic nitrogens is 3. The van der Waals surface area contributed by atoms with Crippen LogP contribution in [0.4, 0.5) is 5.13 Å². The average molecular weight is 463 g/mol. The number of thiazole rings is 1. The zero-order valence-corrected chi connectivity index (χ0v) is 19.7. The Morgan fingerprint density at radius 2 is 1.94 bits per heavy atom. The van der Waals surface area contributed by atoms with Gasteiger partial charge in [-0.1, -0.05) is 29.5 Å². The van der Waals surface area contributed by atoms with E-state index in [-0.39, 0.29) is 5.91 Å². The number of benzene rings is 2. The van der Waals surface area contributed by atoms with Gasteiger partial charge in [0.25, 0.3) is 5.91 Å². The Labute approximate surface area is 196 Å². The van der Waals surface area contributed by atoms with Crippen LogP contribution in [0.3, 0.4) is 0 Å². The Balaban J connectivity index is 1.45. The number of hydrogen-bond acceptors (Lipinski definition) is 6. The van der Waals surface area contributed by atoms with Gasteiger partial charge in [-0.25, -0.2) is 9.97 Å². The summed E-state index contributed by atoms with van der Waals surface area (Å²) in [5.41, 5.74) is 3.27. The molecule has 0 aliphatic carbocycles. The summed E-state index contributed by atoms with van der Waals surface area (Å²) < 4.78 is 15.2. The SMILES string of the molecule is Cc1ccc2sc(N(CCCn3ccnc3)C(=O)C3Oc4ccccc4OC3C)nc2c1C. The molecule has 2 aromatic heterocycles. The van der Waals surface area contributed by atoms with Crippen molar-refractivity contribution in [1.82, 2.24) is 14.5 Å². The van der Waals surface area contributed by atoms with E-state index in [9.17, 15) is 4.79 Å². The molecular formula is C25H26N4O3S. The molecule has 170 valence electrons. The second-order valence-corrected chi connectivity index (χ2v) is 9.31. The average Bonchev–Trinajstić information content (AvgIpc) is 3.49. The summed E-state index contributed by atoms with van der Waals surface area (Å²) in [5, 5.41) is 0.684. The third kappa shape index (κ3) is 4.18. The molecular weight excluding hydrogens is 436 g/mol. The highest BCUT2D eigenvalue weighted by Crippen LogP contribution is 2.36. The van der Waals surface area contributed by atoms with Crippen LogP contribution >= 0.6 is 11.3 Å². The number of para-hydroxylation sites is 2. The zero-order chi connectivity index (χ0) is 22.9. The molecule has 0 bridgehead atoms. The van der Waals surface area contributed by atoms with Crippen molar-refractivity contribution < 1.29 is 14.3 Å². The van der Waals surface area contributed by atoms with Crippen molar-refractivity contribution in [2.45, 2.75) is 45.9 Å². The van der Waals surface area contributed by atoms with Crippen LogP contribution in [0.1, 0.15) is 24.5 Å². The summed E-state index contributed by atoms with van der Waals surface area (Å²) in [5.74, 6) is 1.10. The van der Waals surface area contributed by atoms with Crippen molar-refractivity contribution in [3.05, 3.63) is 66.2 Å². The molecule has 0 saturated heterocycles. The van der Waals surface area contributed by atoms with Crippen LogP contribution in [0, 0.1) is 13.8 Å². The molecule has 5 rings (SSSR count). The number of imidazole rings is 1. The van der Waals surface area contributed by atoms with E-state index in [0.717, 1.165) is 28.7 Å². The van der Waals surface area contributed by atoms with Crippen molar-refractivity contribution >= 4 is 32.6 Å². The monoisotopic (exact) mass is 462 g/mol. The molecule has 0 N–H and O–H groups in total. The van der Waals surface area contributed by atoms with Crippen LogP contribution in [0.5, 0.6) is 11.5 Å². The Bertz CT molecular complexity index is 1280. The van der Waals surface area contributed by atoms with Gasteiger partial charge < -0.3 is 14.0 Å². The third-order valence-electron chi connectivity index (χ3n) is 6.01. The van der Waals surface area contributed by atoms with Gasteiger partial charge in [0, 0.05) is 25.5 Å². The molecule has 0 saturated carbocycles.